The van der Waals surface area contributed by atoms with Crippen molar-refractivity contribution >= 4 is 41.2 Å². The molecule has 3 rings (SSSR count). The SMILES string of the molecule is COC(=O)CCc1ccc(N2C(=O)CN(c3ccc(C(=N)NC(=O)OC)cc3)C2=O)cc1. The highest BCUT2D eigenvalue weighted by atomic mass is 16.5. The number of alkyl carbamates (subject to hydrolysis) is 1. The molecule has 1 saturated heterocycles. The van der Waals surface area contributed by atoms with Crippen LogP contribution < -0.4 is 15.1 Å². The van der Waals surface area contributed by atoms with E-state index in [1.54, 1.807) is 48.5 Å². The van der Waals surface area contributed by atoms with E-state index in [1.807, 2.05) is 0 Å². The molecule has 0 bridgehead atoms. The number of hydrogen-bond donors (Lipinski definition) is 2. The Balaban J connectivity index is 1.70. The Labute approximate surface area is 184 Å². The monoisotopic (exact) mass is 438 g/mol. The smallest absolute Gasteiger partial charge is 0.412 e. The Morgan fingerprint density at radius 3 is 2.19 bits per heavy atom. The Kier molecular flexibility index (Phi) is 6.83. The topological polar surface area (TPSA) is 129 Å². The van der Waals surface area contributed by atoms with E-state index in [9.17, 15) is 19.2 Å². The minimum absolute atomic E-state index is 0.125. The van der Waals surface area contributed by atoms with Gasteiger partial charge in [0.2, 0.25) is 0 Å². The lowest BCUT2D eigenvalue weighted by Gasteiger charge is -2.18. The van der Waals surface area contributed by atoms with E-state index in [2.05, 4.69) is 14.8 Å². The van der Waals surface area contributed by atoms with E-state index in [-0.39, 0.29) is 30.7 Å². The van der Waals surface area contributed by atoms with Gasteiger partial charge in [0.1, 0.15) is 12.4 Å². The molecule has 4 amide bonds. The van der Waals surface area contributed by atoms with Crippen LogP contribution in [0.4, 0.5) is 21.0 Å². The first-order valence-electron chi connectivity index (χ1n) is 9.68. The maximum atomic E-state index is 12.9. The van der Waals surface area contributed by atoms with Gasteiger partial charge in [-0.2, -0.15) is 0 Å². The average Bonchev–Trinajstić information content (AvgIpc) is 3.11. The Hall–Kier alpha value is -4.21. The third-order valence-electron chi connectivity index (χ3n) is 4.89. The van der Waals surface area contributed by atoms with E-state index >= 15 is 0 Å². The summed E-state index contributed by atoms with van der Waals surface area (Å²) in [6.07, 6.45) is -0.0209. The molecular formula is C22H22N4O6. The first-order valence-corrected chi connectivity index (χ1v) is 9.68. The molecule has 0 unspecified atom stereocenters. The zero-order chi connectivity index (χ0) is 23.3. The highest BCUT2D eigenvalue weighted by Gasteiger charge is 2.38. The van der Waals surface area contributed by atoms with Crippen molar-refractivity contribution in [1.82, 2.24) is 5.32 Å². The molecule has 10 heteroatoms. The highest BCUT2D eigenvalue weighted by Crippen LogP contribution is 2.26. The van der Waals surface area contributed by atoms with Crippen LogP contribution >= 0.6 is 0 Å². The molecule has 32 heavy (non-hydrogen) atoms. The number of carbonyl (C=O) groups excluding carboxylic acids is 4. The maximum absolute atomic E-state index is 12.9. The van der Waals surface area contributed by atoms with Crippen LogP contribution in [0.3, 0.4) is 0 Å². The lowest BCUT2D eigenvalue weighted by atomic mass is 10.1. The molecule has 2 aromatic carbocycles. The number of carbonyl (C=O) groups is 4. The second-order valence-corrected chi connectivity index (χ2v) is 6.88. The van der Waals surface area contributed by atoms with E-state index < -0.39 is 12.1 Å². The molecule has 0 saturated carbocycles. The summed E-state index contributed by atoms with van der Waals surface area (Å²) < 4.78 is 9.08. The number of benzene rings is 2. The second kappa shape index (κ2) is 9.73. The van der Waals surface area contributed by atoms with Crippen LogP contribution in [0, 0.1) is 5.41 Å². The van der Waals surface area contributed by atoms with Crippen molar-refractivity contribution in [1.29, 1.82) is 5.41 Å². The second-order valence-electron chi connectivity index (χ2n) is 6.88. The summed E-state index contributed by atoms with van der Waals surface area (Å²) in [5.41, 5.74) is 2.21. The predicted octanol–water partition coefficient (Wildman–Crippen LogP) is 2.45. The molecule has 10 nitrogen and oxygen atoms in total. The van der Waals surface area contributed by atoms with Crippen LogP contribution in [0.1, 0.15) is 17.5 Å². The summed E-state index contributed by atoms with van der Waals surface area (Å²) >= 11 is 0. The number of anilines is 2. The molecule has 0 aromatic heterocycles. The number of methoxy groups -OCH3 is 2. The minimum Gasteiger partial charge on any atom is -0.469 e. The van der Waals surface area contributed by atoms with Crippen molar-refractivity contribution in [3.8, 4) is 0 Å². The Morgan fingerprint density at radius 1 is 0.969 bits per heavy atom. The number of esters is 1. The van der Waals surface area contributed by atoms with Crippen molar-refractivity contribution < 1.29 is 28.7 Å². The lowest BCUT2D eigenvalue weighted by Crippen LogP contribution is -2.33. The molecule has 1 fully saturated rings. The van der Waals surface area contributed by atoms with Crippen molar-refractivity contribution in [3.05, 3.63) is 59.7 Å². The molecule has 1 aliphatic heterocycles. The molecular weight excluding hydrogens is 416 g/mol. The van der Waals surface area contributed by atoms with Gasteiger partial charge in [-0.05, 0) is 48.4 Å². The van der Waals surface area contributed by atoms with E-state index in [0.717, 1.165) is 10.5 Å². The van der Waals surface area contributed by atoms with Crippen molar-refractivity contribution in [3.63, 3.8) is 0 Å². The number of imide groups is 1. The molecule has 0 radical (unpaired) electrons. The third-order valence-corrected chi connectivity index (χ3v) is 4.89. The summed E-state index contributed by atoms with van der Waals surface area (Å²) in [4.78, 5) is 50.4. The molecule has 2 N–H and O–H groups in total. The zero-order valence-electron chi connectivity index (χ0n) is 17.6. The van der Waals surface area contributed by atoms with Gasteiger partial charge in [0.25, 0.3) is 5.91 Å². The van der Waals surface area contributed by atoms with E-state index in [0.29, 0.717) is 23.4 Å². The van der Waals surface area contributed by atoms with Crippen LogP contribution in [0.2, 0.25) is 0 Å². The van der Waals surface area contributed by atoms with Gasteiger partial charge in [-0.15, -0.1) is 0 Å². The van der Waals surface area contributed by atoms with Crippen LogP contribution in [-0.2, 0) is 25.5 Å². The van der Waals surface area contributed by atoms with Gasteiger partial charge in [0.15, 0.2) is 0 Å². The molecule has 0 spiro atoms. The van der Waals surface area contributed by atoms with Gasteiger partial charge < -0.3 is 9.47 Å². The summed E-state index contributed by atoms with van der Waals surface area (Å²) in [6.45, 7) is -0.125. The van der Waals surface area contributed by atoms with Gasteiger partial charge >= 0.3 is 18.1 Å². The maximum Gasteiger partial charge on any atom is 0.412 e. The predicted molar refractivity (Wildman–Crippen MR) is 116 cm³/mol. The summed E-state index contributed by atoms with van der Waals surface area (Å²) in [5.74, 6) is -0.834. The van der Waals surface area contributed by atoms with Gasteiger partial charge in [-0.3, -0.25) is 25.2 Å². The zero-order valence-corrected chi connectivity index (χ0v) is 17.6. The molecule has 1 aliphatic rings. The fourth-order valence-electron chi connectivity index (χ4n) is 3.15. The van der Waals surface area contributed by atoms with Crippen molar-refractivity contribution in [2.75, 3.05) is 30.6 Å². The summed E-state index contributed by atoms with van der Waals surface area (Å²) in [5, 5.41) is 10.1. The quantitative estimate of drug-likeness (QED) is 0.308. The van der Waals surface area contributed by atoms with Gasteiger partial charge in [0, 0.05) is 17.7 Å². The Bertz CT molecular complexity index is 1050. The van der Waals surface area contributed by atoms with Crippen molar-refractivity contribution in [2.45, 2.75) is 12.8 Å². The van der Waals surface area contributed by atoms with Crippen LogP contribution in [-0.4, -0.2) is 50.6 Å². The molecule has 0 atom stereocenters. The molecule has 166 valence electrons. The third kappa shape index (κ3) is 4.91. The summed E-state index contributed by atoms with van der Waals surface area (Å²) in [6, 6.07) is 12.7. The molecule has 2 aromatic rings. The molecule has 1 heterocycles. The number of hydrogen-bond acceptors (Lipinski definition) is 7. The van der Waals surface area contributed by atoms with Crippen LogP contribution in [0.5, 0.6) is 0 Å². The first-order chi connectivity index (χ1) is 15.3. The number of nitrogens with one attached hydrogen (secondary N) is 2. The average molecular weight is 438 g/mol. The number of amides is 4. The van der Waals surface area contributed by atoms with Gasteiger partial charge in [-0.25, -0.2) is 14.5 Å². The number of rotatable bonds is 6. The number of aryl methyl sites for hydroxylation is 1. The van der Waals surface area contributed by atoms with Gasteiger partial charge in [-0.1, -0.05) is 12.1 Å². The Morgan fingerprint density at radius 2 is 1.59 bits per heavy atom. The number of nitrogens with zero attached hydrogens (tertiary/aromatic N) is 2. The standard InChI is InChI=1S/C22H22N4O6/c1-31-19(28)12-5-14-3-8-17(9-4-14)26-18(27)13-25(22(26)30)16-10-6-15(7-11-16)20(23)24-21(29)32-2/h3-4,6-11H,5,12-13H2,1-2H3,(H2,23,24,29). The van der Waals surface area contributed by atoms with Crippen LogP contribution in [0.25, 0.3) is 0 Å². The lowest BCUT2D eigenvalue weighted by molar-refractivity contribution is -0.140. The number of amidine groups is 1. The van der Waals surface area contributed by atoms with E-state index in [1.165, 1.54) is 19.1 Å². The first kappa shape index (κ1) is 22.5. The summed E-state index contributed by atoms with van der Waals surface area (Å²) in [7, 11) is 2.53. The largest absolute Gasteiger partial charge is 0.469 e. The number of ether oxygens (including phenoxy) is 2. The van der Waals surface area contributed by atoms with Crippen molar-refractivity contribution in [2.24, 2.45) is 0 Å². The molecule has 0 aliphatic carbocycles. The normalized spacial score (nSPS) is 13.2. The highest BCUT2D eigenvalue weighted by molar-refractivity contribution is 6.27. The fourth-order valence-corrected chi connectivity index (χ4v) is 3.15. The van der Waals surface area contributed by atoms with Crippen LogP contribution in [0.15, 0.2) is 48.5 Å². The van der Waals surface area contributed by atoms with Gasteiger partial charge in [0.05, 0.1) is 19.9 Å². The minimum atomic E-state index is -0.758. The number of urea groups is 1. The fraction of sp³-hybridized carbons (Fsp3) is 0.227. The van der Waals surface area contributed by atoms with E-state index in [4.69, 9.17) is 5.41 Å².